The highest BCUT2D eigenvalue weighted by Crippen LogP contribution is 2.39. The SMILES string of the molecule is O=C(CCCCCCC(=O)NCc1ccccc1-c1ccc([C@@H]2O[C@H](Cn3cnc4ccccc43)C[C@H](c3ccc(CO)cc3)O2)cc1)NO. The van der Waals surface area contributed by atoms with Crippen LogP contribution in [-0.4, -0.2) is 37.8 Å². The molecule has 10 nitrogen and oxygen atoms in total. The van der Waals surface area contributed by atoms with Crippen LogP contribution in [0.2, 0.25) is 0 Å². The van der Waals surface area contributed by atoms with Crippen molar-refractivity contribution in [2.75, 3.05) is 0 Å². The maximum Gasteiger partial charge on any atom is 0.243 e. The number of amides is 2. The predicted molar refractivity (Wildman–Crippen MR) is 190 cm³/mol. The van der Waals surface area contributed by atoms with Crippen LogP contribution in [0.15, 0.2) is 103 Å². The molecule has 3 atom stereocenters. The molecular weight excluding hydrogens is 632 g/mol. The van der Waals surface area contributed by atoms with Gasteiger partial charge in [0.05, 0.1) is 42.7 Å². The summed E-state index contributed by atoms with van der Waals surface area (Å²) < 4.78 is 15.3. The molecule has 0 saturated carbocycles. The summed E-state index contributed by atoms with van der Waals surface area (Å²) in [5.41, 5.74) is 9.54. The minimum absolute atomic E-state index is 0.00588. The Bertz CT molecular complexity index is 1860. The number of hydrogen-bond donors (Lipinski definition) is 4. The van der Waals surface area contributed by atoms with E-state index in [2.05, 4.69) is 39.1 Å². The van der Waals surface area contributed by atoms with Crippen LogP contribution in [0.3, 0.4) is 0 Å². The van der Waals surface area contributed by atoms with Crippen LogP contribution >= 0.6 is 0 Å². The van der Waals surface area contributed by atoms with Gasteiger partial charge in [0.25, 0.3) is 0 Å². The molecule has 260 valence electrons. The lowest BCUT2D eigenvalue weighted by molar-refractivity contribution is -0.252. The van der Waals surface area contributed by atoms with E-state index >= 15 is 0 Å². The van der Waals surface area contributed by atoms with Crippen LogP contribution in [0.1, 0.15) is 79.6 Å². The summed E-state index contributed by atoms with van der Waals surface area (Å²) in [4.78, 5) is 28.3. The molecule has 4 aromatic carbocycles. The Labute approximate surface area is 292 Å². The van der Waals surface area contributed by atoms with Gasteiger partial charge in [0.15, 0.2) is 6.29 Å². The number of fused-ring (bicyclic) bond motifs is 1. The van der Waals surface area contributed by atoms with Crippen LogP contribution in [-0.2, 0) is 38.8 Å². The van der Waals surface area contributed by atoms with Gasteiger partial charge < -0.3 is 24.5 Å². The summed E-state index contributed by atoms with van der Waals surface area (Å²) >= 11 is 0. The number of para-hydroxylation sites is 2. The van der Waals surface area contributed by atoms with Crippen LogP contribution in [0.25, 0.3) is 22.2 Å². The molecule has 1 saturated heterocycles. The third-order valence-corrected chi connectivity index (χ3v) is 9.21. The van der Waals surface area contributed by atoms with Crippen molar-refractivity contribution in [1.82, 2.24) is 20.3 Å². The molecule has 1 aliphatic heterocycles. The number of carbonyl (C=O) groups excluding carboxylic acids is 2. The number of rotatable bonds is 15. The molecule has 2 heterocycles. The molecule has 6 rings (SSSR count). The largest absolute Gasteiger partial charge is 0.392 e. The van der Waals surface area contributed by atoms with Gasteiger partial charge in [0.1, 0.15) is 0 Å². The number of hydroxylamine groups is 1. The standard InChI is InChI=1S/C40H44N4O6/c45-26-28-15-17-30(18-16-28)37-23-33(25-44-27-42-35-11-7-8-12-36(35)44)49-40(50-37)31-21-19-29(20-22-31)34-10-6-5-9-32(34)24-41-38(46)13-3-1-2-4-14-39(47)43-48/h5-12,15-22,27,33,37,40,45,48H,1-4,13-14,23-26H2,(H,41,46)(H,43,47)/t33-,37+,40+/m0/s1. The Balaban J connectivity index is 1.11. The molecule has 1 aliphatic rings. The highest BCUT2D eigenvalue weighted by Gasteiger charge is 2.32. The normalized spacial score (nSPS) is 17.4. The van der Waals surface area contributed by atoms with Gasteiger partial charge in [-0.15, -0.1) is 0 Å². The van der Waals surface area contributed by atoms with Crippen molar-refractivity contribution in [2.45, 2.75) is 83.1 Å². The first kappa shape index (κ1) is 35.0. The van der Waals surface area contributed by atoms with E-state index in [4.69, 9.17) is 14.7 Å². The van der Waals surface area contributed by atoms with Gasteiger partial charge >= 0.3 is 0 Å². The Morgan fingerprint density at radius 1 is 0.800 bits per heavy atom. The maximum absolute atomic E-state index is 12.6. The molecular formula is C40H44N4O6. The number of nitrogens with zero attached hydrogens (tertiary/aromatic N) is 2. The van der Waals surface area contributed by atoms with E-state index in [1.165, 1.54) is 0 Å². The van der Waals surface area contributed by atoms with E-state index in [-0.39, 0.29) is 37.0 Å². The van der Waals surface area contributed by atoms with Crippen LogP contribution in [0.4, 0.5) is 0 Å². The number of aromatic nitrogens is 2. The zero-order valence-electron chi connectivity index (χ0n) is 28.0. The minimum Gasteiger partial charge on any atom is -0.392 e. The highest BCUT2D eigenvalue weighted by atomic mass is 16.7. The number of ether oxygens (including phenoxy) is 2. The number of carbonyl (C=O) groups is 2. The van der Waals surface area contributed by atoms with Crippen LogP contribution in [0, 0.1) is 0 Å². The van der Waals surface area contributed by atoms with Crippen molar-refractivity contribution in [2.24, 2.45) is 0 Å². The topological polar surface area (TPSA) is 135 Å². The summed E-state index contributed by atoms with van der Waals surface area (Å²) in [6.45, 7) is 1.04. The third kappa shape index (κ3) is 9.02. The van der Waals surface area contributed by atoms with Crippen molar-refractivity contribution < 1.29 is 29.4 Å². The smallest absolute Gasteiger partial charge is 0.243 e. The quantitative estimate of drug-likeness (QED) is 0.0538. The minimum atomic E-state index is -0.582. The Morgan fingerprint density at radius 2 is 1.50 bits per heavy atom. The number of unbranched alkanes of at least 4 members (excludes halogenated alkanes) is 3. The fraction of sp³-hybridized carbons (Fsp3) is 0.325. The van der Waals surface area contributed by atoms with Gasteiger partial charge in [-0.2, -0.15) is 0 Å². The van der Waals surface area contributed by atoms with Gasteiger partial charge in [-0.05, 0) is 52.8 Å². The second-order valence-corrected chi connectivity index (χ2v) is 12.7. The van der Waals surface area contributed by atoms with E-state index in [9.17, 15) is 14.7 Å². The summed E-state index contributed by atoms with van der Waals surface area (Å²) in [5, 5.41) is 21.2. The van der Waals surface area contributed by atoms with E-state index in [1.807, 2.05) is 79.1 Å². The maximum atomic E-state index is 12.6. The first-order valence-electron chi connectivity index (χ1n) is 17.3. The van der Waals surface area contributed by atoms with Crippen molar-refractivity contribution in [1.29, 1.82) is 0 Å². The molecule has 1 aromatic heterocycles. The molecule has 0 bridgehead atoms. The van der Waals surface area contributed by atoms with E-state index in [0.717, 1.165) is 63.7 Å². The summed E-state index contributed by atoms with van der Waals surface area (Å²) in [7, 11) is 0. The Kier molecular flexibility index (Phi) is 12.0. The molecule has 5 aromatic rings. The number of aliphatic hydroxyl groups excluding tert-OH is 1. The Morgan fingerprint density at radius 3 is 2.26 bits per heavy atom. The monoisotopic (exact) mass is 676 g/mol. The molecule has 50 heavy (non-hydrogen) atoms. The van der Waals surface area contributed by atoms with E-state index in [0.29, 0.717) is 32.4 Å². The van der Waals surface area contributed by atoms with Gasteiger partial charge in [-0.25, -0.2) is 10.5 Å². The fourth-order valence-corrected chi connectivity index (χ4v) is 6.45. The zero-order valence-corrected chi connectivity index (χ0v) is 28.0. The molecule has 10 heteroatoms. The molecule has 1 fully saturated rings. The Hall–Kier alpha value is -4.87. The number of hydrogen-bond acceptors (Lipinski definition) is 7. The molecule has 2 amide bonds. The average molecular weight is 677 g/mol. The highest BCUT2D eigenvalue weighted by molar-refractivity contribution is 5.77. The number of nitrogens with one attached hydrogen (secondary N) is 2. The lowest BCUT2D eigenvalue weighted by atomic mass is 9.97. The first-order valence-corrected chi connectivity index (χ1v) is 17.3. The predicted octanol–water partition coefficient (Wildman–Crippen LogP) is 6.90. The summed E-state index contributed by atoms with van der Waals surface area (Å²) in [6, 6.07) is 32.3. The van der Waals surface area contributed by atoms with Gasteiger partial charge in [-0.3, -0.25) is 14.8 Å². The average Bonchev–Trinajstić information content (AvgIpc) is 3.57. The first-order chi connectivity index (χ1) is 24.5. The third-order valence-electron chi connectivity index (χ3n) is 9.21. The second-order valence-electron chi connectivity index (χ2n) is 12.7. The van der Waals surface area contributed by atoms with Crippen LogP contribution in [0.5, 0.6) is 0 Å². The van der Waals surface area contributed by atoms with Crippen LogP contribution < -0.4 is 10.8 Å². The molecule has 0 unspecified atom stereocenters. The zero-order chi connectivity index (χ0) is 34.7. The van der Waals surface area contributed by atoms with Gasteiger partial charge in [0.2, 0.25) is 11.8 Å². The van der Waals surface area contributed by atoms with Gasteiger partial charge in [0, 0.05) is 31.4 Å². The lowest BCUT2D eigenvalue weighted by Gasteiger charge is -2.36. The number of imidazole rings is 1. The molecule has 0 radical (unpaired) electrons. The molecule has 0 aliphatic carbocycles. The summed E-state index contributed by atoms with van der Waals surface area (Å²) in [5.74, 6) is -0.389. The van der Waals surface area contributed by atoms with E-state index in [1.54, 1.807) is 5.48 Å². The second kappa shape index (κ2) is 17.2. The summed E-state index contributed by atoms with van der Waals surface area (Å²) in [6.07, 6.45) is 5.44. The van der Waals surface area contributed by atoms with Crippen molar-refractivity contribution >= 4 is 22.8 Å². The van der Waals surface area contributed by atoms with Gasteiger partial charge in [-0.1, -0.05) is 97.8 Å². The number of benzene rings is 4. The molecule has 4 N–H and O–H groups in total. The van der Waals surface area contributed by atoms with Crippen molar-refractivity contribution in [3.05, 3.63) is 126 Å². The van der Waals surface area contributed by atoms with E-state index < -0.39 is 6.29 Å². The van der Waals surface area contributed by atoms with Crippen molar-refractivity contribution in [3.63, 3.8) is 0 Å². The van der Waals surface area contributed by atoms with Crippen molar-refractivity contribution in [3.8, 4) is 11.1 Å². The lowest BCUT2D eigenvalue weighted by Crippen LogP contribution is -2.32. The molecule has 0 spiro atoms. The fourth-order valence-electron chi connectivity index (χ4n) is 6.45. The number of aliphatic hydroxyl groups is 1.